The fourth-order valence-corrected chi connectivity index (χ4v) is 6.60. The van der Waals surface area contributed by atoms with Gasteiger partial charge >= 0.3 is 0 Å². The highest BCUT2D eigenvalue weighted by Gasteiger charge is 2.46. The van der Waals surface area contributed by atoms with E-state index in [9.17, 15) is 4.39 Å². The van der Waals surface area contributed by atoms with E-state index in [1.807, 2.05) is 37.3 Å². The number of nitrogens with one attached hydrogen (secondary N) is 1. The summed E-state index contributed by atoms with van der Waals surface area (Å²) in [6.45, 7) is 5.21. The summed E-state index contributed by atoms with van der Waals surface area (Å²) in [4.78, 5) is 9.78. The molecule has 0 spiro atoms. The maximum Gasteiger partial charge on any atom is 0.129 e. The van der Waals surface area contributed by atoms with Crippen molar-refractivity contribution in [3.05, 3.63) is 106 Å². The van der Waals surface area contributed by atoms with Gasteiger partial charge in [-0.15, -0.1) is 0 Å². The molecule has 0 aliphatic carbocycles. The molecule has 4 nitrogen and oxygen atoms in total. The average molecular weight is 505 g/mol. The molecule has 2 aliphatic rings. The lowest BCUT2D eigenvalue weighted by atomic mass is 9.99. The van der Waals surface area contributed by atoms with Crippen LogP contribution in [0.25, 0.3) is 15.9 Å². The van der Waals surface area contributed by atoms with Gasteiger partial charge in [-0.3, -0.25) is 5.01 Å². The molecule has 7 heteroatoms. The highest BCUT2D eigenvalue weighted by atomic mass is 35.5. The Bertz CT molecular complexity index is 1420. The Kier molecular flexibility index (Phi) is 5.63. The molecule has 4 aromatic rings. The van der Waals surface area contributed by atoms with Crippen LogP contribution in [-0.2, 0) is 5.54 Å². The van der Waals surface area contributed by atoms with Crippen molar-refractivity contribution >= 4 is 39.3 Å². The average Bonchev–Trinajstić information content (AvgIpc) is 3.60. The Hall–Kier alpha value is -2.80. The van der Waals surface area contributed by atoms with E-state index < -0.39 is 0 Å². The third-order valence-corrected chi connectivity index (χ3v) is 8.89. The summed E-state index contributed by atoms with van der Waals surface area (Å²) in [6, 6.07) is 21.3. The van der Waals surface area contributed by atoms with E-state index in [1.54, 1.807) is 11.8 Å². The summed E-state index contributed by atoms with van der Waals surface area (Å²) < 4.78 is 13.6. The summed E-state index contributed by atoms with van der Waals surface area (Å²) in [6.07, 6.45) is 4.27. The van der Waals surface area contributed by atoms with Gasteiger partial charge in [0.1, 0.15) is 17.0 Å². The minimum atomic E-state index is -0.305. The molecule has 178 valence electrons. The second-order valence-corrected chi connectivity index (χ2v) is 10.9. The summed E-state index contributed by atoms with van der Waals surface area (Å²) in [5.41, 5.74) is 4.88. The SMILES string of the molecule is Cc1c(Cl)ccc2[nH]c([C@]3(C)CCCN3N3C=C(c4ccc(F)cc4)SC3c3ccccc3)nc12. The number of nitrogens with zero attached hydrogens (tertiary/aromatic N) is 3. The van der Waals surface area contributed by atoms with Gasteiger partial charge in [-0.1, -0.05) is 65.8 Å². The molecule has 1 saturated heterocycles. The third kappa shape index (κ3) is 3.84. The number of fused-ring (bicyclic) bond motifs is 1. The van der Waals surface area contributed by atoms with Crippen LogP contribution in [0.1, 0.15) is 47.7 Å². The van der Waals surface area contributed by atoms with Gasteiger partial charge in [-0.05, 0) is 67.6 Å². The summed E-state index contributed by atoms with van der Waals surface area (Å²) in [5.74, 6) is 0.733. The molecule has 35 heavy (non-hydrogen) atoms. The molecular weight excluding hydrogens is 479 g/mol. The van der Waals surface area contributed by atoms with Gasteiger partial charge in [0.25, 0.3) is 0 Å². The monoisotopic (exact) mass is 504 g/mol. The summed E-state index contributed by atoms with van der Waals surface area (Å²) in [7, 11) is 0. The number of thioether (sulfide) groups is 1. The molecule has 0 bridgehead atoms. The lowest BCUT2D eigenvalue weighted by Gasteiger charge is -2.42. The number of aryl methyl sites for hydroxylation is 1. The molecule has 3 heterocycles. The lowest BCUT2D eigenvalue weighted by molar-refractivity contribution is -0.0533. The molecule has 0 amide bonds. The van der Waals surface area contributed by atoms with Crippen molar-refractivity contribution in [1.82, 2.24) is 20.0 Å². The highest BCUT2D eigenvalue weighted by Crippen LogP contribution is 2.52. The number of halogens is 2. The van der Waals surface area contributed by atoms with Crippen LogP contribution >= 0.6 is 23.4 Å². The van der Waals surface area contributed by atoms with Gasteiger partial charge in [0.05, 0.1) is 16.6 Å². The number of benzene rings is 3. The minimum Gasteiger partial charge on any atom is -0.340 e. The molecule has 3 aromatic carbocycles. The molecule has 0 radical (unpaired) electrons. The van der Waals surface area contributed by atoms with Gasteiger partial charge in [-0.2, -0.15) is 0 Å². The number of aromatic amines is 1. The quantitative estimate of drug-likeness (QED) is 0.310. The van der Waals surface area contributed by atoms with Gasteiger partial charge in [0.15, 0.2) is 0 Å². The van der Waals surface area contributed by atoms with E-state index in [1.165, 1.54) is 17.7 Å². The predicted molar refractivity (Wildman–Crippen MR) is 142 cm³/mol. The molecule has 1 fully saturated rings. The van der Waals surface area contributed by atoms with Crippen molar-refractivity contribution < 1.29 is 4.39 Å². The maximum absolute atomic E-state index is 13.6. The first-order valence-corrected chi connectivity index (χ1v) is 13.1. The van der Waals surface area contributed by atoms with E-state index in [0.29, 0.717) is 0 Å². The molecular formula is C28H26ClFN4S. The predicted octanol–water partition coefficient (Wildman–Crippen LogP) is 7.64. The first-order valence-electron chi connectivity index (χ1n) is 11.8. The third-order valence-electron chi connectivity index (χ3n) is 7.18. The first kappa shape index (κ1) is 22.7. The number of H-pyrrole nitrogens is 1. The van der Waals surface area contributed by atoms with Gasteiger partial charge in [0, 0.05) is 22.7 Å². The summed E-state index contributed by atoms with van der Waals surface area (Å²) >= 11 is 8.19. The zero-order valence-electron chi connectivity index (χ0n) is 19.6. The fourth-order valence-electron chi connectivity index (χ4n) is 5.19. The Balaban J connectivity index is 1.43. The van der Waals surface area contributed by atoms with Crippen LogP contribution in [0.3, 0.4) is 0 Å². The molecule has 2 atom stereocenters. The number of rotatable bonds is 4. The van der Waals surface area contributed by atoms with Crippen LogP contribution in [-0.4, -0.2) is 26.5 Å². The molecule has 6 rings (SSSR count). The topological polar surface area (TPSA) is 35.2 Å². The van der Waals surface area contributed by atoms with E-state index in [2.05, 4.69) is 52.4 Å². The zero-order chi connectivity index (χ0) is 24.2. The van der Waals surface area contributed by atoms with Crippen molar-refractivity contribution in [3.63, 3.8) is 0 Å². The molecule has 1 unspecified atom stereocenters. The second kappa shape index (κ2) is 8.70. The van der Waals surface area contributed by atoms with Gasteiger partial charge in [0.2, 0.25) is 0 Å². The van der Waals surface area contributed by atoms with E-state index >= 15 is 0 Å². The number of hydrogen-bond donors (Lipinski definition) is 1. The number of hydrogen-bond acceptors (Lipinski definition) is 4. The Morgan fingerprint density at radius 3 is 2.63 bits per heavy atom. The maximum atomic E-state index is 13.6. The Morgan fingerprint density at radius 2 is 1.86 bits per heavy atom. The Labute approximate surface area is 213 Å². The molecule has 2 aliphatic heterocycles. The van der Waals surface area contributed by atoms with Crippen molar-refractivity contribution in [3.8, 4) is 0 Å². The molecule has 1 aromatic heterocycles. The number of aromatic nitrogens is 2. The normalized spacial score (nSPS) is 22.8. The van der Waals surface area contributed by atoms with Crippen LogP contribution < -0.4 is 0 Å². The Morgan fingerprint density at radius 1 is 1.09 bits per heavy atom. The van der Waals surface area contributed by atoms with Gasteiger partial charge < -0.3 is 4.98 Å². The second-order valence-electron chi connectivity index (χ2n) is 9.42. The van der Waals surface area contributed by atoms with Crippen LogP contribution in [0.4, 0.5) is 4.39 Å². The molecule has 1 N–H and O–H groups in total. The van der Waals surface area contributed by atoms with E-state index in [0.717, 1.165) is 57.3 Å². The zero-order valence-corrected chi connectivity index (χ0v) is 21.2. The largest absolute Gasteiger partial charge is 0.340 e. The minimum absolute atomic E-state index is 0.0780. The first-order chi connectivity index (χ1) is 16.9. The van der Waals surface area contributed by atoms with Crippen molar-refractivity contribution in [2.24, 2.45) is 0 Å². The smallest absolute Gasteiger partial charge is 0.129 e. The van der Waals surface area contributed by atoms with Crippen LogP contribution in [0.2, 0.25) is 5.02 Å². The van der Waals surface area contributed by atoms with Crippen molar-refractivity contribution in [2.45, 2.75) is 37.6 Å². The van der Waals surface area contributed by atoms with E-state index in [-0.39, 0.29) is 16.7 Å². The van der Waals surface area contributed by atoms with Crippen molar-refractivity contribution in [1.29, 1.82) is 0 Å². The van der Waals surface area contributed by atoms with E-state index in [4.69, 9.17) is 16.6 Å². The number of hydrazine groups is 1. The number of imidazole rings is 1. The lowest BCUT2D eigenvalue weighted by Crippen LogP contribution is -2.48. The highest BCUT2D eigenvalue weighted by molar-refractivity contribution is 8.08. The van der Waals surface area contributed by atoms with Crippen molar-refractivity contribution in [2.75, 3.05) is 6.54 Å². The molecule has 0 saturated carbocycles. The fraction of sp³-hybridized carbons (Fsp3) is 0.250. The summed E-state index contributed by atoms with van der Waals surface area (Å²) in [5, 5.41) is 5.62. The standard InChI is InChI=1S/C28H26ClFN4S/c1-18-22(29)13-14-23-25(18)32-27(31-23)28(2)15-6-16-34(28)33-17-24(19-9-11-21(30)12-10-19)35-26(33)20-7-4-3-5-8-20/h3-5,7-14,17,26H,6,15-16H2,1-2H3,(H,31,32)/t26?,28-/m0/s1. The van der Waals surface area contributed by atoms with Crippen LogP contribution in [0.5, 0.6) is 0 Å². The van der Waals surface area contributed by atoms with Crippen LogP contribution in [0, 0.1) is 12.7 Å². The van der Waals surface area contributed by atoms with Gasteiger partial charge in [-0.25, -0.2) is 14.4 Å². The van der Waals surface area contributed by atoms with Crippen LogP contribution in [0.15, 0.2) is 72.9 Å².